The molecule has 0 saturated carbocycles. The molecule has 0 amide bonds. The van der Waals surface area contributed by atoms with E-state index in [9.17, 15) is 17.6 Å². The molecule has 0 aliphatic heterocycles. The SMILES string of the molecule is OCCc1cc(OC(F)(F)F)ccc1F. The Labute approximate surface area is 83.1 Å². The molecular weight excluding hydrogens is 216 g/mol. The molecule has 1 aromatic rings. The first-order chi connectivity index (χ1) is 6.92. The predicted molar refractivity (Wildman–Crippen MR) is 43.9 cm³/mol. The van der Waals surface area contributed by atoms with Gasteiger partial charge in [-0.1, -0.05) is 0 Å². The average Bonchev–Trinajstić information content (AvgIpc) is 2.09. The quantitative estimate of drug-likeness (QED) is 0.798. The van der Waals surface area contributed by atoms with Crippen LogP contribution in [0.15, 0.2) is 18.2 Å². The van der Waals surface area contributed by atoms with Crippen LogP contribution in [0.2, 0.25) is 0 Å². The van der Waals surface area contributed by atoms with Gasteiger partial charge in [-0.05, 0) is 30.2 Å². The zero-order valence-corrected chi connectivity index (χ0v) is 7.51. The molecule has 0 aliphatic carbocycles. The van der Waals surface area contributed by atoms with Crippen LogP contribution in [0.25, 0.3) is 0 Å². The molecule has 1 rings (SSSR count). The molecule has 0 saturated heterocycles. The molecule has 0 bridgehead atoms. The Morgan fingerprint density at radius 2 is 1.93 bits per heavy atom. The summed E-state index contributed by atoms with van der Waals surface area (Å²) in [6.07, 6.45) is -4.85. The van der Waals surface area contributed by atoms with Crippen LogP contribution in [0.5, 0.6) is 5.75 Å². The minimum absolute atomic E-state index is 0.0146. The van der Waals surface area contributed by atoms with Crippen molar-refractivity contribution >= 4 is 0 Å². The van der Waals surface area contributed by atoms with Crippen LogP contribution in [0.4, 0.5) is 17.6 Å². The highest BCUT2D eigenvalue weighted by atomic mass is 19.4. The number of hydrogen-bond donors (Lipinski definition) is 1. The lowest BCUT2D eigenvalue weighted by Crippen LogP contribution is -2.17. The fourth-order valence-corrected chi connectivity index (χ4v) is 1.06. The maximum atomic E-state index is 12.9. The van der Waals surface area contributed by atoms with E-state index in [0.29, 0.717) is 0 Å². The number of rotatable bonds is 3. The topological polar surface area (TPSA) is 29.5 Å². The van der Waals surface area contributed by atoms with Gasteiger partial charge < -0.3 is 9.84 Å². The molecule has 0 heterocycles. The zero-order valence-electron chi connectivity index (χ0n) is 7.51. The summed E-state index contributed by atoms with van der Waals surface area (Å²) in [5.74, 6) is -1.16. The Bertz CT molecular complexity index is 335. The summed E-state index contributed by atoms with van der Waals surface area (Å²) in [6, 6.07) is 2.66. The Morgan fingerprint density at radius 1 is 1.27 bits per heavy atom. The lowest BCUT2D eigenvalue weighted by atomic mass is 10.1. The van der Waals surface area contributed by atoms with Crippen molar-refractivity contribution in [2.24, 2.45) is 0 Å². The summed E-state index contributed by atoms with van der Waals surface area (Å²) in [6.45, 7) is -0.341. The summed E-state index contributed by atoms with van der Waals surface area (Å²) in [5.41, 5.74) is -0.0146. The second-order valence-corrected chi connectivity index (χ2v) is 2.77. The van der Waals surface area contributed by atoms with Gasteiger partial charge in [-0.2, -0.15) is 0 Å². The van der Waals surface area contributed by atoms with Crippen LogP contribution in [-0.2, 0) is 6.42 Å². The number of aliphatic hydroxyl groups excluding tert-OH is 1. The normalized spacial score (nSPS) is 11.5. The van der Waals surface area contributed by atoms with E-state index in [2.05, 4.69) is 4.74 Å². The molecule has 0 aromatic heterocycles. The smallest absolute Gasteiger partial charge is 0.406 e. The van der Waals surface area contributed by atoms with Crippen molar-refractivity contribution in [1.82, 2.24) is 0 Å². The van der Waals surface area contributed by atoms with Gasteiger partial charge in [-0.25, -0.2) is 4.39 Å². The largest absolute Gasteiger partial charge is 0.573 e. The monoisotopic (exact) mass is 224 g/mol. The van der Waals surface area contributed by atoms with Crippen molar-refractivity contribution in [2.45, 2.75) is 12.8 Å². The Morgan fingerprint density at radius 3 is 2.47 bits per heavy atom. The molecule has 84 valence electrons. The molecule has 2 nitrogen and oxygen atoms in total. The van der Waals surface area contributed by atoms with Crippen LogP contribution >= 0.6 is 0 Å². The minimum Gasteiger partial charge on any atom is -0.406 e. The van der Waals surface area contributed by atoms with Gasteiger partial charge in [-0.15, -0.1) is 13.2 Å². The summed E-state index contributed by atoms with van der Waals surface area (Å²) >= 11 is 0. The maximum absolute atomic E-state index is 12.9. The van der Waals surface area contributed by atoms with Gasteiger partial charge in [0.2, 0.25) is 0 Å². The molecule has 0 atom stereocenters. The van der Waals surface area contributed by atoms with Gasteiger partial charge in [-0.3, -0.25) is 0 Å². The van der Waals surface area contributed by atoms with E-state index in [1.807, 2.05) is 0 Å². The summed E-state index contributed by atoms with van der Waals surface area (Å²) in [4.78, 5) is 0. The highest BCUT2D eigenvalue weighted by Crippen LogP contribution is 2.24. The Balaban J connectivity index is 2.87. The lowest BCUT2D eigenvalue weighted by Gasteiger charge is -2.10. The minimum atomic E-state index is -4.80. The first kappa shape index (κ1) is 11.8. The summed E-state index contributed by atoms with van der Waals surface area (Å²) < 4.78 is 51.9. The van der Waals surface area contributed by atoms with E-state index >= 15 is 0 Å². The second-order valence-electron chi connectivity index (χ2n) is 2.77. The maximum Gasteiger partial charge on any atom is 0.573 e. The van der Waals surface area contributed by atoms with Crippen molar-refractivity contribution in [3.05, 3.63) is 29.6 Å². The van der Waals surface area contributed by atoms with Crippen LogP contribution in [0.1, 0.15) is 5.56 Å². The third-order valence-corrected chi connectivity index (χ3v) is 1.63. The van der Waals surface area contributed by atoms with Gasteiger partial charge in [0.1, 0.15) is 11.6 Å². The van der Waals surface area contributed by atoms with Gasteiger partial charge in [0.15, 0.2) is 0 Å². The van der Waals surface area contributed by atoms with E-state index in [-0.39, 0.29) is 18.6 Å². The fraction of sp³-hybridized carbons (Fsp3) is 0.333. The van der Waals surface area contributed by atoms with Crippen LogP contribution in [-0.4, -0.2) is 18.1 Å². The molecular formula is C9H8F4O2. The number of ether oxygens (including phenoxy) is 1. The van der Waals surface area contributed by atoms with E-state index < -0.39 is 17.9 Å². The third-order valence-electron chi connectivity index (χ3n) is 1.63. The van der Waals surface area contributed by atoms with Gasteiger partial charge in [0.05, 0.1) is 0 Å². The van der Waals surface area contributed by atoms with Crippen LogP contribution in [0, 0.1) is 5.82 Å². The molecule has 0 unspecified atom stereocenters. The fourth-order valence-electron chi connectivity index (χ4n) is 1.06. The molecule has 0 spiro atoms. The van der Waals surface area contributed by atoms with E-state index in [0.717, 1.165) is 18.2 Å². The molecule has 0 aliphatic rings. The van der Waals surface area contributed by atoms with E-state index in [4.69, 9.17) is 5.11 Å². The van der Waals surface area contributed by atoms with Crippen molar-refractivity contribution in [3.8, 4) is 5.75 Å². The number of halogens is 4. The van der Waals surface area contributed by atoms with Gasteiger partial charge >= 0.3 is 6.36 Å². The first-order valence-electron chi connectivity index (χ1n) is 4.07. The number of benzene rings is 1. The van der Waals surface area contributed by atoms with Crippen LogP contribution in [0.3, 0.4) is 0 Å². The highest BCUT2D eigenvalue weighted by Gasteiger charge is 2.31. The zero-order chi connectivity index (χ0) is 11.5. The molecule has 1 N–H and O–H groups in total. The number of hydrogen-bond acceptors (Lipinski definition) is 2. The molecule has 1 aromatic carbocycles. The van der Waals surface area contributed by atoms with Crippen molar-refractivity contribution in [2.75, 3.05) is 6.61 Å². The second kappa shape index (κ2) is 4.48. The van der Waals surface area contributed by atoms with E-state index in [1.54, 1.807) is 0 Å². The van der Waals surface area contributed by atoms with E-state index in [1.165, 1.54) is 0 Å². The third kappa shape index (κ3) is 3.75. The predicted octanol–water partition coefficient (Wildman–Crippen LogP) is 2.26. The first-order valence-corrected chi connectivity index (χ1v) is 4.07. The number of alkyl halides is 3. The Kier molecular flexibility index (Phi) is 3.52. The molecule has 6 heteroatoms. The highest BCUT2D eigenvalue weighted by molar-refractivity contribution is 5.30. The van der Waals surface area contributed by atoms with Gasteiger partial charge in [0, 0.05) is 6.61 Å². The Hall–Kier alpha value is -1.30. The van der Waals surface area contributed by atoms with Crippen molar-refractivity contribution in [1.29, 1.82) is 0 Å². The van der Waals surface area contributed by atoms with Gasteiger partial charge in [0.25, 0.3) is 0 Å². The molecule has 15 heavy (non-hydrogen) atoms. The molecule has 0 radical (unpaired) electrons. The lowest BCUT2D eigenvalue weighted by molar-refractivity contribution is -0.274. The summed E-state index contributed by atoms with van der Waals surface area (Å²) in [5, 5.41) is 8.54. The standard InChI is InChI=1S/C9H8F4O2/c10-8-2-1-7(15-9(11,12)13)5-6(8)3-4-14/h1-2,5,14H,3-4H2. The average molecular weight is 224 g/mol. The van der Waals surface area contributed by atoms with Crippen LogP contribution < -0.4 is 4.74 Å². The van der Waals surface area contributed by atoms with Crippen molar-refractivity contribution < 1.29 is 27.4 Å². The summed E-state index contributed by atoms with van der Waals surface area (Å²) in [7, 11) is 0. The number of aliphatic hydroxyl groups is 1. The van der Waals surface area contributed by atoms with Crippen molar-refractivity contribution in [3.63, 3.8) is 0 Å². The molecule has 0 fully saturated rings.